The Morgan fingerprint density at radius 1 is 1.25 bits per heavy atom. The number of amides is 2. The Hall–Kier alpha value is -1.66. The zero-order valence-electron chi connectivity index (χ0n) is 13.4. The van der Waals surface area contributed by atoms with Gasteiger partial charge in [0.2, 0.25) is 11.8 Å². The Bertz CT molecular complexity index is 585. The highest BCUT2D eigenvalue weighted by molar-refractivity contribution is 5.95. The van der Waals surface area contributed by atoms with Gasteiger partial charge < -0.3 is 16.0 Å². The normalized spacial score (nSPS) is 25.3. The van der Waals surface area contributed by atoms with Crippen molar-refractivity contribution in [3.63, 3.8) is 0 Å². The highest BCUT2D eigenvalue weighted by atomic mass is 35.5. The van der Waals surface area contributed by atoms with Crippen LogP contribution in [0, 0.1) is 11.7 Å². The molecule has 1 saturated carbocycles. The molecule has 0 radical (unpaired) electrons. The lowest BCUT2D eigenvalue weighted by Crippen LogP contribution is -2.45. The molecule has 5 nitrogen and oxygen atoms in total. The fourth-order valence-corrected chi connectivity index (χ4v) is 3.58. The van der Waals surface area contributed by atoms with E-state index < -0.39 is 5.82 Å². The Morgan fingerprint density at radius 2 is 2.04 bits per heavy atom. The predicted molar refractivity (Wildman–Crippen MR) is 92.6 cm³/mol. The molecule has 3 atom stereocenters. The molecule has 1 heterocycles. The second kappa shape index (κ2) is 8.44. The van der Waals surface area contributed by atoms with Gasteiger partial charge in [0.1, 0.15) is 5.82 Å². The molecule has 132 valence electrons. The van der Waals surface area contributed by atoms with Gasteiger partial charge in [-0.3, -0.25) is 9.59 Å². The molecule has 0 bridgehead atoms. The van der Waals surface area contributed by atoms with Crippen LogP contribution in [-0.4, -0.2) is 30.4 Å². The summed E-state index contributed by atoms with van der Waals surface area (Å²) >= 11 is 0. The Balaban J connectivity index is 0.00000208. The van der Waals surface area contributed by atoms with Crippen LogP contribution in [0.2, 0.25) is 0 Å². The van der Waals surface area contributed by atoms with Gasteiger partial charge in [0.25, 0.3) is 0 Å². The third-order valence-electron chi connectivity index (χ3n) is 4.71. The summed E-state index contributed by atoms with van der Waals surface area (Å²) in [4.78, 5) is 24.0. The van der Waals surface area contributed by atoms with Crippen molar-refractivity contribution in [2.45, 2.75) is 44.2 Å². The van der Waals surface area contributed by atoms with Crippen LogP contribution in [0.25, 0.3) is 0 Å². The van der Waals surface area contributed by atoms with Crippen LogP contribution in [-0.2, 0) is 9.59 Å². The average molecular weight is 356 g/mol. The SMILES string of the molecule is Cl.O=C(CNC(=O)C1CC2CCCCC2N1)Nc1cccc(F)c1. The van der Waals surface area contributed by atoms with E-state index in [1.807, 2.05) is 0 Å². The number of hydrogen-bond donors (Lipinski definition) is 3. The lowest BCUT2D eigenvalue weighted by atomic mass is 9.85. The summed E-state index contributed by atoms with van der Waals surface area (Å²) in [6.07, 6.45) is 5.63. The first-order chi connectivity index (χ1) is 11.1. The summed E-state index contributed by atoms with van der Waals surface area (Å²) in [5.74, 6) is -0.321. The number of carbonyl (C=O) groups is 2. The molecule has 0 aromatic heterocycles. The Morgan fingerprint density at radius 3 is 2.79 bits per heavy atom. The van der Waals surface area contributed by atoms with Crippen LogP contribution in [0.3, 0.4) is 0 Å². The second-order valence-corrected chi connectivity index (χ2v) is 6.38. The first kappa shape index (κ1) is 18.7. The largest absolute Gasteiger partial charge is 0.346 e. The lowest BCUT2D eigenvalue weighted by molar-refractivity contribution is -0.125. The van der Waals surface area contributed by atoms with Gasteiger partial charge in [0.15, 0.2) is 0 Å². The minimum Gasteiger partial charge on any atom is -0.346 e. The van der Waals surface area contributed by atoms with Gasteiger partial charge in [-0.1, -0.05) is 18.9 Å². The van der Waals surface area contributed by atoms with E-state index in [2.05, 4.69) is 16.0 Å². The summed E-state index contributed by atoms with van der Waals surface area (Å²) in [6, 6.07) is 5.91. The first-order valence-corrected chi connectivity index (χ1v) is 8.21. The molecule has 3 rings (SSSR count). The van der Waals surface area contributed by atoms with Crippen molar-refractivity contribution in [3.05, 3.63) is 30.1 Å². The molecule has 1 aliphatic carbocycles. The van der Waals surface area contributed by atoms with Gasteiger partial charge in [-0.05, 0) is 43.4 Å². The molecule has 1 aromatic rings. The second-order valence-electron chi connectivity index (χ2n) is 6.38. The quantitative estimate of drug-likeness (QED) is 0.775. The molecule has 2 amide bonds. The third-order valence-corrected chi connectivity index (χ3v) is 4.71. The molecular weight excluding hydrogens is 333 g/mol. The number of hydrogen-bond acceptors (Lipinski definition) is 3. The number of fused-ring (bicyclic) bond motifs is 1. The van der Waals surface area contributed by atoms with Crippen molar-refractivity contribution in [2.24, 2.45) is 5.92 Å². The zero-order chi connectivity index (χ0) is 16.2. The summed E-state index contributed by atoms with van der Waals surface area (Å²) in [7, 11) is 0. The van der Waals surface area contributed by atoms with E-state index in [0.29, 0.717) is 17.6 Å². The lowest BCUT2D eigenvalue weighted by Gasteiger charge is -2.24. The zero-order valence-corrected chi connectivity index (χ0v) is 14.2. The van der Waals surface area contributed by atoms with Crippen molar-refractivity contribution in [1.29, 1.82) is 0 Å². The van der Waals surface area contributed by atoms with Crippen molar-refractivity contribution in [3.8, 4) is 0 Å². The number of nitrogens with one attached hydrogen (secondary N) is 3. The smallest absolute Gasteiger partial charge is 0.243 e. The summed E-state index contributed by atoms with van der Waals surface area (Å²) < 4.78 is 13.1. The topological polar surface area (TPSA) is 70.2 Å². The van der Waals surface area contributed by atoms with Crippen molar-refractivity contribution in [2.75, 3.05) is 11.9 Å². The van der Waals surface area contributed by atoms with Crippen LogP contribution in [0.15, 0.2) is 24.3 Å². The molecule has 7 heteroatoms. The highest BCUT2D eigenvalue weighted by Crippen LogP contribution is 2.33. The maximum atomic E-state index is 13.1. The van der Waals surface area contributed by atoms with Gasteiger partial charge in [-0.2, -0.15) is 0 Å². The molecule has 1 aliphatic heterocycles. The van der Waals surface area contributed by atoms with Crippen molar-refractivity contribution in [1.82, 2.24) is 10.6 Å². The number of benzene rings is 1. The maximum Gasteiger partial charge on any atom is 0.243 e. The number of rotatable bonds is 4. The number of carbonyl (C=O) groups excluding carboxylic acids is 2. The van der Waals surface area contributed by atoms with Gasteiger partial charge >= 0.3 is 0 Å². The maximum absolute atomic E-state index is 13.1. The minimum atomic E-state index is -0.412. The van der Waals surface area contributed by atoms with Crippen molar-refractivity contribution < 1.29 is 14.0 Å². The molecule has 24 heavy (non-hydrogen) atoms. The highest BCUT2D eigenvalue weighted by Gasteiger charge is 2.38. The molecular formula is C17H23ClFN3O2. The summed E-state index contributed by atoms with van der Waals surface area (Å²) in [5.41, 5.74) is 0.384. The molecule has 1 saturated heterocycles. The van der Waals surface area contributed by atoms with E-state index in [1.54, 1.807) is 6.07 Å². The van der Waals surface area contributed by atoms with E-state index in [1.165, 1.54) is 37.5 Å². The number of halogens is 2. The molecule has 1 aromatic carbocycles. The van der Waals surface area contributed by atoms with Crippen LogP contribution >= 0.6 is 12.4 Å². The monoisotopic (exact) mass is 355 g/mol. The molecule has 2 fully saturated rings. The fraction of sp³-hybridized carbons (Fsp3) is 0.529. The minimum absolute atomic E-state index is 0. The standard InChI is InChI=1S/C17H22FN3O2.ClH/c18-12-5-3-6-13(9-12)20-16(22)10-19-17(23)15-8-11-4-1-2-7-14(11)21-15;/h3,5-6,9,11,14-15,21H,1-2,4,7-8,10H2,(H,19,23)(H,20,22);1H. The van der Waals surface area contributed by atoms with Gasteiger partial charge in [0, 0.05) is 11.7 Å². The predicted octanol–water partition coefficient (Wildman–Crippen LogP) is 2.22. The molecule has 2 aliphatic rings. The van der Waals surface area contributed by atoms with E-state index in [9.17, 15) is 14.0 Å². The summed E-state index contributed by atoms with van der Waals surface area (Å²) in [5, 5.41) is 8.61. The van der Waals surface area contributed by atoms with Crippen LogP contribution < -0.4 is 16.0 Å². The third kappa shape index (κ3) is 4.68. The Labute approximate surface area is 147 Å². The molecule has 0 spiro atoms. The average Bonchev–Trinajstić information content (AvgIpc) is 2.97. The van der Waals surface area contributed by atoms with Crippen LogP contribution in [0.1, 0.15) is 32.1 Å². The van der Waals surface area contributed by atoms with Crippen LogP contribution in [0.5, 0.6) is 0 Å². The molecule has 3 unspecified atom stereocenters. The Kier molecular flexibility index (Phi) is 6.57. The van der Waals surface area contributed by atoms with Gasteiger partial charge in [-0.15, -0.1) is 12.4 Å². The van der Waals surface area contributed by atoms with Crippen LogP contribution in [0.4, 0.5) is 10.1 Å². The first-order valence-electron chi connectivity index (χ1n) is 8.21. The molecule has 3 N–H and O–H groups in total. The van der Waals surface area contributed by atoms with E-state index >= 15 is 0 Å². The van der Waals surface area contributed by atoms with E-state index in [-0.39, 0.29) is 36.8 Å². The fourth-order valence-electron chi connectivity index (χ4n) is 3.58. The van der Waals surface area contributed by atoms with Gasteiger partial charge in [-0.25, -0.2) is 4.39 Å². The van der Waals surface area contributed by atoms with E-state index in [0.717, 1.165) is 12.8 Å². The summed E-state index contributed by atoms with van der Waals surface area (Å²) in [6.45, 7) is -0.108. The van der Waals surface area contributed by atoms with Gasteiger partial charge in [0.05, 0.1) is 12.6 Å². The number of anilines is 1. The van der Waals surface area contributed by atoms with E-state index in [4.69, 9.17) is 0 Å². The van der Waals surface area contributed by atoms with Crippen molar-refractivity contribution >= 4 is 29.9 Å².